The number of nitrogens with zero attached hydrogens (tertiary/aromatic N) is 1. The van der Waals surface area contributed by atoms with Crippen LogP contribution >= 0.6 is 0 Å². The quantitative estimate of drug-likeness (QED) is 0.561. The Bertz CT molecular complexity index is 951. The van der Waals surface area contributed by atoms with E-state index in [-0.39, 0.29) is 5.91 Å². The van der Waals surface area contributed by atoms with Crippen molar-refractivity contribution in [1.82, 2.24) is 9.88 Å². The molecule has 4 heteroatoms. The lowest BCUT2D eigenvalue weighted by atomic mass is 9.88. The number of anilines is 1. The summed E-state index contributed by atoms with van der Waals surface area (Å²) in [6.45, 7) is 6.94. The third-order valence-electron chi connectivity index (χ3n) is 6.44. The van der Waals surface area contributed by atoms with Gasteiger partial charge < -0.3 is 15.2 Å². The van der Waals surface area contributed by atoms with Crippen LogP contribution in [0.1, 0.15) is 61.4 Å². The van der Waals surface area contributed by atoms with Gasteiger partial charge in [0.15, 0.2) is 0 Å². The minimum atomic E-state index is -0.0690. The molecule has 0 radical (unpaired) electrons. The Morgan fingerprint density at radius 1 is 1.10 bits per heavy atom. The van der Waals surface area contributed by atoms with Gasteiger partial charge in [-0.1, -0.05) is 32.0 Å². The van der Waals surface area contributed by atoms with Crippen LogP contribution in [-0.4, -0.2) is 34.9 Å². The molecule has 2 heterocycles. The van der Waals surface area contributed by atoms with Gasteiger partial charge in [-0.05, 0) is 80.6 Å². The number of benzene rings is 2. The summed E-state index contributed by atoms with van der Waals surface area (Å²) >= 11 is 0. The lowest BCUT2D eigenvalue weighted by Crippen LogP contribution is -2.40. The normalized spacial score (nSPS) is 15.8. The molecule has 1 fully saturated rings. The summed E-state index contributed by atoms with van der Waals surface area (Å²) in [4.78, 5) is 18.6. The molecule has 4 nitrogen and oxygen atoms in total. The fourth-order valence-corrected chi connectivity index (χ4v) is 4.73. The molecule has 152 valence electrons. The molecule has 1 amide bonds. The number of H-pyrrole nitrogens is 1. The van der Waals surface area contributed by atoms with Crippen molar-refractivity contribution >= 4 is 22.5 Å². The van der Waals surface area contributed by atoms with E-state index in [4.69, 9.17) is 0 Å². The topological polar surface area (TPSA) is 48.1 Å². The molecule has 0 saturated carbocycles. The van der Waals surface area contributed by atoms with Gasteiger partial charge in [0.05, 0.1) is 0 Å². The Morgan fingerprint density at radius 3 is 2.52 bits per heavy atom. The molecule has 1 aromatic heterocycles. The van der Waals surface area contributed by atoms with Gasteiger partial charge in [-0.2, -0.15) is 0 Å². The summed E-state index contributed by atoms with van der Waals surface area (Å²) in [6.07, 6.45) is 7.04. The molecular formula is C25H31N3O. The zero-order valence-electron chi connectivity index (χ0n) is 17.4. The molecule has 1 saturated heterocycles. The second kappa shape index (κ2) is 8.83. The van der Waals surface area contributed by atoms with Gasteiger partial charge in [-0.15, -0.1) is 0 Å². The first-order valence-corrected chi connectivity index (χ1v) is 10.9. The average molecular weight is 390 g/mol. The van der Waals surface area contributed by atoms with Crippen molar-refractivity contribution in [2.75, 3.05) is 18.4 Å². The number of hydrogen-bond donors (Lipinski definition) is 2. The first kappa shape index (κ1) is 19.7. The molecule has 29 heavy (non-hydrogen) atoms. The Labute approximate surface area is 173 Å². The smallest absolute Gasteiger partial charge is 0.255 e. The predicted molar refractivity (Wildman–Crippen MR) is 121 cm³/mol. The number of carbonyl (C=O) groups excluding carboxylic acids is 1. The second-order valence-electron chi connectivity index (χ2n) is 8.11. The number of hydrogen-bond acceptors (Lipinski definition) is 2. The number of piperidine rings is 1. The highest BCUT2D eigenvalue weighted by atomic mass is 16.1. The van der Waals surface area contributed by atoms with Gasteiger partial charge in [0.25, 0.3) is 5.91 Å². The highest BCUT2D eigenvalue weighted by molar-refractivity contribution is 6.05. The maximum atomic E-state index is 12.5. The number of rotatable bonds is 6. The minimum Gasteiger partial charge on any atom is -0.361 e. The molecule has 0 spiro atoms. The summed E-state index contributed by atoms with van der Waals surface area (Å²) in [5.41, 5.74) is 4.05. The number of fused-ring (bicyclic) bond motifs is 1. The fourth-order valence-electron chi connectivity index (χ4n) is 4.73. The first-order chi connectivity index (χ1) is 14.2. The van der Waals surface area contributed by atoms with Crippen molar-refractivity contribution in [3.63, 3.8) is 0 Å². The highest BCUT2D eigenvalue weighted by Crippen LogP contribution is 2.35. The van der Waals surface area contributed by atoms with E-state index in [0.29, 0.717) is 11.5 Å². The van der Waals surface area contributed by atoms with Crippen LogP contribution in [0.25, 0.3) is 10.9 Å². The van der Waals surface area contributed by atoms with Crippen LogP contribution in [-0.2, 0) is 0 Å². The van der Waals surface area contributed by atoms with E-state index in [1.54, 1.807) is 0 Å². The number of amides is 1. The fraction of sp³-hybridized carbons (Fsp3) is 0.400. The van der Waals surface area contributed by atoms with Crippen LogP contribution in [0.3, 0.4) is 0 Å². The van der Waals surface area contributed by atoms with Crippen LogP contribution in [0, 0.1) is 0 Å². The zero-order valence-corrected chi connectivity index (χ0v) is 17.4. The van der Waals surface area contributed by atoms with E-state index >= 15 is 0 Å². The summed E-state index contributed by atoms with van der Waals surface area (Å²) in [5, 5.41) is 4.28. The molecule has 2 N–H and O–H groups in total. The maximum Gasteiger partial charge on any atom is 0.255 e. The molecule has 0 bridgehead atoms. The molecule has 0 unspecified atom stereocenters. The van der Waals surface area contributed by atoms with Crippen molar-refractivity contribution in [3.05, 3.63) is 65.9 Å². The second-order valence-corrected chi connectivity index (χ2v) is 8.11. The van der Waals surface area contributed by atoms with Crippen molar-refractivity contribution < 1.29 is 4.79 Å². The third-order valence-corrected chi connectivity index (χ3v) is 6.44. The van der Waals surface area contributed by atoms with E-state index in [9.17, 15) is 4.79 Å². The monoisotopic (exact) mass is 389 g/mol. The number of aromatic nitrogens is 1. The van der Waals surface area contributed by atoms with Crippen molar-refractivity contribution in [2.24, 2.45) is 0 Å². The van der Waals surface area contributed by atoms with Crippen LogP contribution < -0.4 is 5.32 Å². The number of likely N-dealkylation sites (tertiary alicyclic amines) is 1. The number of nitrogens with one attached hydrogen (secondary N) is 2. The molecule has 3 aromatic rings. The van der Waals surface area contributed by atoms with Gasteiger partial charge in [-0.3, -0.25) is 4.79 Å². The van der Waals surface area contributed by atoms with Crippen molar-refractivity contribution in [3.8, 4) is 0 Å². The highest BCUT2D eigenvalue weighted by Gasteiger charge is 2.25. The Kier molecular flexibility index (Phi) is 6.00. The average Bonchev–Trinajstić information content (AvgIpc) is 3.19. The van der Waals surface area contributed by atoms with Gasteiger partial charge in [0.2, 0.25) is 0 Å². The minimum absolute atomic E-state index is 0.0690. The molecular weight excluding hydrogens is 358 g/mol. The summed E-state index contributed by atoms with van der Waals surface area (Å²) in [7, 11) is 0. The van der Waals surface area contributed by atoms with Crippen molar-refractivity contribution in [2.45, 2.75) is 51.5 Å². The van der Waals surface area contributed by atoms with Crippen LogP contribution in [0.2, 0.25) is 0 Å². The van der Waals surface area contributed by atoms with Gasteiger partial charge >= 0.3 is 0 Å². The van der Waals surface area contributed by atoms with E-state index in [1.807, 2.05) is 36.4 Å². The molecule has 0 aliphatic carbocycles. The lowest BCUT2D eigenvalue weighted by Gasteiger charge is -2.37. The first-order valence-electron chi connectivity index (χ1n) is 10.9. The van der Waals surface area contributed by atoms with E-state index in [2.05, 4.69) is 47.4 Å². The maximum absolute atomic E-state index is 12.5. The molecule has 4 rings (SSSR count). The van der Waals surface area contributed by atoms with Gasteiger partial charge in [-0.25, -0.2) is 0 Å². The number of aromatic amines is 1. The van der Waals surface area contributed by atoms with Gasteiger partial charge in [0, 0.05) is 34.4 Å². The predicted octanol–water partition coefficient (Wildman–Crippen LogP) is 5.79. The Morgan fingerprint density at radius 2 is 1.83 bits per heavy atom. The summed E-state index contributed by atoms with van der Waals surface area (Å²) in [6, 6.07) is 16.2. The van der Waals surface area contributed by atoms with E-state index < -0.39 is 0 Å². The lowest BCUT2D eigenvalue weighted by molar-refractivity contribution is 0.102. The Hall–Kier alpha value is -2.59. The summed E-state index contributed by atoms with van der Waals surface area (Å²) < 4.78 is 0. The molecule has 1 aliphatic rings. The van der Waals surface area contributed by atoms with Gasteiger partial charge in [0.1, 0.15) is 0 Å². The van der Waals surface area contributed by atoms with Crippen molar-refractivity contribution in [1.29, 1.82) is 0 Å². The van der Waals surface area contributed by atoms with E-state index in [0.717, 1.165) is 17.2 Å². The van der Waals surface area contributed by atoms with E-state index in [1.165, 1.54) is 49.7 Å². The molecule has 2 aromatic carbocycles. The third kappa shape index (κ3) is 4.23. The molecule has 1 aliphatic heterocycles. The standard InChI is InChI=1S/C25H31N3O/c1-3-21(4-2)28-14-12-18(13-15-28)23-17-26-24-11-10-20(16-22(23)24)27-25(29)19-8-6-5-7-9-19/h5-11,16-18,21,26H,3-4,12-15H2,1-2H3,(H,27,29). The number of carbonyl (C=O) groups is 1. The van der Waals surface area contributed by atoms with Crippen LogP contribution in [0.15, 0.2) is 54.7 Å². The summed E-state index contributed by atoms with van der Waals surface area (Å²) in [5.74, 6) is 0.509. The van der Waals surface area contributed by atoms with Crippen LogP contribution in [0.4, 0.5) is 5.69 Å². The molecule has 0 atom stereocenters. The largest absolute Gasteiger partial charge is 0.361 e. The SMILES string of the molecule is CCC(CC)N1CCC(c2c[nH]c3ccc(NC(=O)c4ccccc4)cc23)CC1. The van der Waals surface area contributed by atoms with Crippen LogP contribution in [0.5, 0.6) is 0 Å². The zero-order chi connectivity index (χ0) is 20.2. The Balaban J connectivity index is 1.50.